The van der Waals surface area contributed by atoms with Crippen LogP contribution in [0.3, 0.4) is 0 Å². The van der Waals surface area contributed by atoms with Crippen molar-refractivity contribution in [3.8, 4) is 5.75 Å². The topological polar surface area (TPSA) is 21.3 Å². The van der Waals surface area contributed by atoms with Gasteiger partial charge in [0.15, 0.2) is 0 Å². The molecule has 0 radical (unpaired) electrons. The molecule has 0 aliphatic heterocycles. The van der Waals surface area contributed by atoms with E-state index in [1.807, 2.05) is 38.1 Å². The highest BCUT2D eigenvalue weighted by Gasteiger charge is 1.94. The summed E-state index contributed by atoms with van der Waals surface area (Å²) < 4.78 is 0. The number of para-hydroxylation sites is 1. The molecule has 0 atom stereocenters. The minimum atomic E-state index is 0.814. The molecule has 0 amide bonds. The number of rotatable bonds is 3. The first-order valence-electron chi connectivity index (χ1n) is 3.80. The van der Waals surface area contributed by atoms with Crippen LogP contribution in [-0.4, -0.2) is 6.54 Å². The predicted octanol–water partition coefficient (Wildman–Crippen LogP) is 1.90. The molecule has 1 rings (SSSR count). The molecule has 1 N–H and O–H groups in total. The van der Waals surface area contributed by atoms with Crippen LogP contribution in [0.4, 0.5) is 0 Å². The van der Waals surface area contributed by atoms with Crippen molar-refractivity contribution in [3.05, 3.63) is 29.8 Å². The number of nitrogens with one attached hydrogen (secondary N) is 1. The number of benzene rings is 1. The fourth-order valence-electron chi connectivity index (χ4n) is 0.821. The van der Waals surface area contributed by atoms with Crippen LogP contribution in [0.5, 0.6) is 5.75 Å². The molecule has 0 aromatic heterocycles. The second-order valence-corrected chi connectivity index (χ2v) is 2.37. The third-order valence-corrected chi connectivity index (χ3v) is 1.42. The van der Waals surface area contributed by atoms with Crippen LogP contribution < -0.4 is 10.3 Å². The minimum Gasteiger partial charge on any atom is -0.408 e. The molecule has 0 aliphatic carbocycles. The smallest absolute Gasteiger partial charge is 0.150 e. The monoisotopic (exact) mass is 151 g/mol. The Morgan fingerprint density at radius 3 is 2.73 bits per heavy atom. The maximum absolute atomic E-state index is 5.24. The second-order valence-electron chi connectivity index (χ2n) is 2.37. The van der Waals surface area contributed by atoms with Gasteiger partial charge >= 0.3 is 0 Å². The summed E-state index contributed by atoms with van der Waals surface area (Å²) in [6, 6.07) is 7.92. The SMILES string of the molecule is CCNOc1ccccc1C. The molecule has 0 aliphatic rings. The third-order valence-electron chi connectivity index (χ3n) is 1.42. The van der Waals surface area contributed by atoms with Crippen LogP contribution in [-0.2, 0) is 0 Å². The zero-order valence-electron chi connectivity index (χ0n) is 6.92. The molecule has 0 saturated heterocycles. The summed E-state index contributed by atoms with van der Waals surface area (Å²) >= 11 is 0. The van der Waals surface area contributed by atoms with E-state index in [1.54, 1.807) is 0 Å². The first-order chi connectivity index (χ1) is 5.34. The van der Waals surface area contributed by atoms with Gasteiger partial charge in [0, 0.05) is 6.54 Å². The van der Waals surface area contributed by atoms with Crippen LogP contribution in [0, 0.1) is 6.92 Å². The first-order valence-corrected chi connectivity index (χ1v) is 3.80. The fourth-order valence-corrected chi connectivity index (χ4v) is 0.821. The molecule has 11 heavy (non-hydrogen) atoms. The van der Waals surface area contributed by atoms with Crippen LogP contribution in [0.2, 0.25) is 0 Å². The molecular formula is C9H13NO. The molecule has 2 heteroatoms. The highest BCUT2D eigenvalue weighted by molar-refractivity contribution is 5.31. The Labute approximate surface area is 67.1 Å². The van der Waals surface area contributed by atoms with E-state index in [2.05, 4.69) is 5.48 Å². The minimum absolute atomic E-state index is 0.814. The van der Waals surface area contributed by atoms with Gasteiger partial charge in [-0.1, -0.05) is 18.2 Å². The van der Waals surface area contributed by atoms with Crippen molar-refractivity contribution in [3.63, 3.8) is 0 Å². The molecule has 2 nitrogen and oxygen atoms in total. The Kier molecular flexibility index (Phi) is 2.93. The van der Waals surface area contributed by atoms with Gasteiger partial charge < -0.3 is 4.84 Å². The summed E-state index contributed by atoms with van der Waals surface area (Å²) in [5, 5.41) is 0. The zero-order valence-corrected chi connectivity index (χ0v) is 6.92. The summed E-state index contributed by atoms with van der Waals surface area (Å²) in [4.78, 5) is 5.24. The number of hydroxylamine groups is 1. The van der Waals surface area contributed by atoms with E-state index < -0.39 is 0 Å². The van der Waals surface area contributed by atoms with Crippen molar-refractivity contribution >= 4 is 0 Å². The van der Waals surface area contributed by atoms with Gasteiger partial charge in [-0.25, -0.2) is 0 Å². The van der Waals surface area contributed by atoms with Gasteiger partial charge in [0.2, 0.25) is 0 Å². The molecule has 1 aromatic carbocycles. The highest BCUT2D eigenvalue weighted by atomic mass is 16.6. The molecule has 0 spiro atoms. The van der Waals surface area contributed by atoms with Crippen LogP contribution in [0.25, 0.3) is 0 Å². The quantitative estimate of drug-likeness (QED) is 0.666. The van der Waals surface area contributed by atoms with Gasteiger partial charge in [-0.2, -0.15) is 5.48 Å². The lowest BCUT2D eigenvalue weighted by Crippen LogP contribution is -2.17. The van der Waals surface area contributed by atoms with E-state index in [0.29, 0.717) is 0 Å². The van der Waals surface area contributed by atoms with Crippen molar-refractivity contribution < 1.29 is 4.84 Å². The lowest BCUT2D eigenvalue weighted by atomic mass is 10.2. The summed E-state index contributed by atoms with van der Waals surface area (Å²) in [7, 11) is 0. The van der Waals surface area contributed by atoms with E-state index in [4.69, 9.17) is 4.84 Å². The predicted molar refractivity (Wildman–Crippen MR) is 45.5 cm³/mol. The number of aryl methyl sites for hydroxylation is 1. The molecule has 0 unspecified atom stereocenters. The Bertz CT molecular complexity index is 223. The Balaban J connectivity index is 2.62. The molecule has 0 bridgehead atoms. The van der Waals surface area contributed by atoms with Crippen LogP contribution in [0.15, 0.2) is 24.3 Å². The molecule has 1 aromatic rings. The van der Waals surface area contributed by atoms with Crippen molar-refractivity contribution in [1.82, 2.24) is 5.48 Å². The Hall–Kier alpha value is -1.02. The van der Waals surface area contributed by atoms with Crippen molar-refractivity contribution in [1.29, 1.82) is 0 Å². The summed E-state index contributed by atoms with van der Waals surface area (Å²) in [5.41, 5.74) is 3.95. The van der Waals surface area contributed by atoms with Gasteiger partial charge in [-0.05, 0) is 25.5 Å². The van der Waals surface area contributed by atoms with E-state index in [0.717, 1.165) is 17.9 Å². The Morgan fingerprint density at radius 1 is 1.36 bits per heavy atom. The number of hydrogen-bond acceptors (Lipinski definition) is 2. The lowest BCUT2D eigenvalue weighted by Gasteiger charge is -2.06. The molecular weight excluding hydrogens is 138 g/mol. The summed E-state index contributed by atoms with van der Waals surface area (Å²) in [5.74, 6) is 0.898. The van der Waals surface area contributed by atoms with E-state index >= 15 is 0 Å². The fraction of sp³-hybridized carbons (Fsp3) is 0.333. The number of hydrogen-bond donors (Lipinski definition) is 1. The van der Waals surface area contributed by atoms with Gasteiger partial charge in [-0.3, -0.25) is 0 Å². The zero-order chi connectivity index (χ0) is 8.10. The molecule has 60 valence electrons. The average Bonchev–Trinajstić information content (AvgIpc) is 2.03. The second kappa shape index (κ2) is 3.98. The van der Waals surface area contributed by atoms with Crippen LogP contribution >= 0.6 is 0 Å². The first kappa shape index (κ1) is 8.08. The average molecular weight is 151 g/mol. The van der Waals surface area contributed by atoms with Crippen molar-refractivity contribution in [2.45, 2.75) is 13.8 Å². The van der Waals surface area contributed by atoms with Gasteiger partial charge in [0.1, 0.15) is 5.75 Å². The lowest BCUT2D eigenvalue weighted by molar-refractivity contribution is 0.201. The summed E-state index contributed by atoms with van der Waals surface area (Å²) in [6.07, 6.45) is 0. The van der Waals surface area contributed by atoms with E-state index in [1.165, 1.54) is 0 Å². The van der Waals surface area contributed by atoms with E-state index in [9.17, 15) is 0 Å². The molecule has 0 saturated carbocycles. The van der Waals surface area contributed by atoms with Gasteiger partial charge in [-0.15, -0.1) is 0 Å². The highest BCUT2D eigenvalue weighted by Crippen LogP contribution is 2.14. The van der Waals surface area contributed by atoms with Gasteiger partial charge in [0.05, 0.1) is 0 Å². The molecule has 0 fully saturated rings. The van der Waals surface area contributed by atoms with Gasteiger partial charge in [0.25, 0.3) is 0 Å². The molecule has 0 heterocycles. The Morgan fingerprint density at radius 2 is 2.09 bits per heavy atom. The van der Waals surface area contributed by atoms with E-state index in [-0.39, 0.29) is 0 Å². The maximum Gasteiger partial charge on any atom is 0.150 e. The van der Waals surface area contributed by atoms with Crippen molar-refractivity contribution in [2.24, 2.45) is 0 Å². The maximum atomic E-state index is 5.24. The third kappa shape index (κ3) is 2.24. The standard InChI is InChI=1S/C9H13NO/c1-3-10-11-9-7-5-4-6-8(9)2/h4-7,10H,3H2,1-2H3. The largest absolute Gasteiger partial charge is 0.408 e. The van der Waals surface area contributed by atoms with Crippen molar-refractivity contribution in [2.75, 3.05) is 6.54 Å². The van der Waals surface area contributed by atoms with Crippen LogP contribution in [0.1, 0.15) is 12.5 Å². The summed E-state index contributed by atoms with van der Waals surface area (Å²) in [6.45, 7) is 4.83. The normalized spacial score (nSPS) is 9.64.